The van der Waals surface area contributed by atoms with Crippen molar-refractivity contribution in [3.05, 3.63) is 400 Å². The molecule has 0 aliphatic carbocycles. The third-order valence-corrected chi connectivity index (χ3v) is 40.3. The molecule has 0 amide bonds. The van der Waals surface area contributed by atoms with Gasteiger partial charge < -0.3 is 41.8 Å². The van der Waals surface area contributed by atoms with E-state index in [1.54, 1.807) is 87.9 Å². The normalized spacial score (nSPS) is 14.6. The van der Waals surface area contributed by atoms with Gasteiger partial charge in [-0.3, -0.25) is 14.4 Å². The van der Waals surface area contributed by atoms with E-state index in [1.807, 2.05) is 150 Å². The van der Waals surface area contributed by atoms with Gasteiger partial charge in [0.2, 0.25) is 0 Å². The van der Waals surface area contributed by atoms with E-state index in [1.165, 1.54) is 78.5 Å². The molecule has 12 nitrogen and oxygen atoms in total. The van der Waals surface area contributed by atoms with Crippen LogP contribution < -0.4 is 18.9 Å². The zero-order chi connectivity index (χ0) is 107. The van der Waals surface area contributed by atoms with Crippen LogP contribution in [0.25, 0.3) is 0 Å². The second kappa shape index (κ2) is 65.1. The maximum atomic E-state index is 12.6. The van der Waals surface area contributed by atoms with E-state index in [4.69, 9.17) is 103 Å². The number of halogens is 8. The third kappa shape index (κ3) is 38.5. The minimum atomic E-state index is -1.71. The summed E-state index contributed by atoms with van der Waals surface area (Å²) in [5.41, 5.74) is 17.2. The van der Waals surface area contributed by atoms with Crippen LogP contribution in [-0.4, -0.2) is 73.5 Å². The molecule has 4 N–H and O–H groups in total. The topological polar surface area (TPSA) is 194 Å². The molecule has 9 heterocycles. The minimum absolute atomic E-state index is 0. The molecule has 14 aromatic rings. The van der Waals surface area contributed by atoms with Crippen molar-refractivity contribution in [1.82, 2.24) is 0 Å². The molecule has 2 aliphatic rings. The van der Waals surface area contributed by atoms with Gasteiger partial charge in [0.05, 0.1) is 18.1 Å². The van der Waals surface area contributed by atoms with Gasteiger partial charge in [-0.05, 0) is 394 Å². The number of thiophene rings is 7. The summed E-state index contributed by atoms with van der Waals surface area (Å²) < 4.78 is 36.3. The van der Waals surface area contributed by atoms with Crippen molar-refractivity contribution in [2.45, 2.75) is 268 Å². The molecule has 5 unspecified atom stereocenters. The van der Waals surface area contributed by atoms with Crippen LogP contribution in [-0.2, 0) is 142 Å². The number of aliphatic hydroxyl groups excluding tert-OH is 2. The molecule has 0 saturated heterocycles. The Balaban J connectivity index is 0.000000299. The third-order valence-electron chi connectivity index (χ3n) is 26.0. The molecule has 30 heteroatoms. The standard InChI is InChI=1S/C17H21ClOS.C16H19ClO2S.C16H17ClOS.C16H19ClOS.C16H17ClOS.C15H13ClO2S.C15H23ClO2Si.C6H7BrS.CH4.CH3.Li.Mn.2O/c1-4-6-12-7-8-14(18)10-16(12)17(3,19)13-9-15(5-2)20-11-13;1-3-14-8-12(10-20-14)16(2,19)15-9-13(17)5-4-11(15)6-7-18;1-3-14-8-12(10-19-14)16(2)15-9-13(17)5-4-11(15)6-7-18-16;2*1-3-5-11-6-7-13(17)9-15(11)16(18)12-8-14(4-2)19-10-12;1-15(11-6-13(8-17)19-9-11)14-7-12(16)3-2-10(14)4-5-18-15;1-15(2,3)19(4,5)18-9-8-12-6-7-14(16)10-13(12)11-17;1-2-6-3-5(7)4-8-6;;;;;;/h7-11,19H,4-6H2,1-3H3;4-5,8-10,18-19H,3,6-7H2,1-2H3;4-5,8-10H,3,6-7H2,1-2H3;6-10,16,18H,3-5H2,1-2H3;6-10H,3-5H2,1-2H3;2-3,6-9H,4-5H2,1H3;6-7,10-11H,8-9H2,1-5H3;3-4H,2H2,1H3;1H4;1H3;;;;/q;;;;;;;;;-1;+1;;;. The first-order valence-corrected chi connectivity index (χ1v) is 62.6. The van der Waals surface area contributed by atoms with Gasteiger partial charge >= 0.3 is 41.4 Å². The van der Waals surface area contributed by atoms with Crippen LogP contribution in [0.15, 0.2) is 212 Å². The molecule has 0 radical (unpaired) electrons. The second-order valence-electron chi connectivity index (χ2n) is 37.4. The number of carbonyl (C=O) groups excluding carboxylic acids is 3. The molecule has 2 aliphatic heterocycles. The van der Waals surface area contributed by atoms with E-state index >= 15 is 0 Å². The molecule has 149 heavy (non-hydrogen) atoms. The zero-order valence-corrected chi connectivity index (χ0v) is 103. The first-order valence-electron chi connectivity index (χ1n) is 49.2. The molecule has 5 atom stereocenters. The van der Waals surface area contributed by atoms with Gasteiger partial charge in [0.1, 0.15) is 34.8 Å². The summed E-state index contributed by atoms with van der Waals surface area (Å²) >= 11 is 56.2. The average molecular weight is 2410 g/mol. The van der Waals surface area contributed by atoms with E-state index < -0.39 is 46.0 Å². The average Bonchev–Trinajstić information content (AvgIpc) is 1.78. The van der Waals surface area contributed by atoms with Gasteiger partial charge in [-0.15, -0.1) is 79.4 Å². The van der Waals surface area contributed by atoms with Crippen LogP contribution in [0.2, 0.25) is 53.3 Å². The first-order chi connectivity index (χ1) is 69.4. The van der Waals surface area contributed by atoms with E-state index in [9.17, 15) is 34.8 Å². The molecular formula is C119H143BrCl7LiMnO12S7Si. The first kappa shape index (κ1) is 134. The number of aryl methyl sites for hydroxylation is 9. The number of ether oxygens (including phenoxy) is 2. The molecule has 0 spiro atoms. The van der Waals surface area contributed by atoms with E-state index in [-0.39, 0.29) is 56.7 Å². The summed E-state index contributed by atoms with van der Waals surface area (Å²) in [7, 11) is -1.71. The molecule has 0 fully saturated rings. The summed E-state index contributed by atoms with van der Waals surface area (Å²) in [5.74, 6) is 0.0851. The number of hydrogen-bond donors (Lipinski definition) is 4. The van der Waals surface area contributed by atoms with E-state index in [0.29, 0.717) is 60.2 Å². The van der Waals surface area contributed by atoms with Crippen molar-refractivity contribution >= 4 is 203 Å². The van der Waals surface area contributed by atoms with Crippen molar-refractivity contribution < 1.29 is 90.1 Å². The Morgan fingerprint density at radius 1 is 0.470 bits per heavy atom. The van der Waals surface area contributed by atoms with E-state index in [0.717, 1.165) is 193 Å². The number of aliphatic hydroxyl groups is 4. The Bertz CT molecular complexity index is 6460. The van der Waals surface area contributed by atoms with Crippen LogP contribution in [0.4, 0.5) is 0 Å². The number of benzene rings is 7. The van der Waals surface area contributed by atoms with Crippen LogP contribution >= 0.6 is 176 Å². The second-order valence-corrected chi connectivity index (χ2v) is 53.3. The van der Waals surface area contributed by atoms with Crippen molar-refractivity contribution in [3.8, 4) is 0 Å². The predicted molar refractivity (Wildman–Crippen MR) is 636 cm³/mol. The SMILES string of the molecule is C.CC(C)(C)[Si](C)(C)OCCc1ccc(Cl)cc1C=O.CC1(c2csc(C=O)c2)OCCc2ccc(Cl)cc21.CCCc1ccc(Cl)cc1C(=O)c1csc(CC)c1.CCCc1ccc(Cl)cc1C(C)(O)c1csc(CC)c1.CCCc1ccc(Cl)cc1C(O)c1csc(CC)c1.CCc1cc(Br)cs1.CCc1cc(C(C)(O)c2cc(Cl)ccc2CCO)cs1.CCc1cc(C2(C)OCCc3ccc(Cl)cc32)cs1.[CH3-].[Li+].[O]=[Mn]=[O]. The van der Waals surface area contributed by atoms with E-state index in [2.05, 4.69) is 178 Å². The molecule has 7 aromatic heterocycles. The summed E-state index contributed by atoms with van der Waals surface area (Å²) in [6.07, 6.45) is 16.4. The Hall–Kier alpha value is -5.39. The molecular weight excluding hydrogens is 2260 g/mol. The van der Waals surface area contributed by atoms with Crippen molar-refractivity contribution in [2.24, 2.45) is 0 Å². The summed E-state index contributed by atoms with van der Waals surface area (Å²) in [6, 6.07) is 54.7. The van der Waals surface area contributed by atoms with Gasteiger partial charge in [0, 0.05) is 110 Å². The van der Waals surface area contributed by atoms with Gasteiger partial charge in [-0.1, -0.05) is 233 Å². The van der Waals surface area contributed by atoms with Crippen molar-refractivity contribution in [1.29, 1.82) is 0 Å². The van der Waals surface area contributed by atoms with Crippen LogP contribution in [0, 0.1) is 7.43 Å². The number of hydrogen-bond acceptors (Lipinski definition) is 19. The molecule has 0 saturated carbocycles. The quantitative estimate of drug-likeness (QED) is 0.0144. The Morgan fingerprint density at radius 3 is 1.30 bits per heavy atom. The fraction of sp³-hybridized carbons (Fsp3) is 0.378. The number of carbonyl (C=O) groups is 3. The van der Waals surface area contributed by atoms with Gasteiger partial charge in [0.15, 0.2) is 20.4 Å². The van der Waals surface area contributed by atoms with Gasteiger partial charge in [-0.2, -0.15) is 0 Å². The van der Waals surface area contributed by atoms with Crippen LogP contribution in [0.3, 0.4) is 0 Å². The number of rotatable bonds is 30. The van der Waals surface area contributed by atoms with Crippen molar-refractivity contribution in [2.75, 3.05) is 26.4 Å². The summed E-state index contributed by atoms with van der Waals surface area (Å²) in [5, 5.41) is 61.0. The monoisotopic (exact) mass is 2400 g/mol. The molecule has 16 rings (SSSR count). The van der Waals surface area contributed by atoms with Crippen LogP contribution in [0.1, 0.15) is 303 Å². The summed E-state index contributed by atoms with van der Waals surface area (Å²) in [6.45, 7) is 40.3. The predicted octanol–water partition coefficient (Wildman–Crippen LogP) is 33.6. The Labute approximate surface area is 976 Å². The molecule has 801 valence electrons. The molecule has 7 aromatic carbocycles. The summed E-state index contributed by atoms with van der Waals surface area (Å²) in [4.78, 5) is 43.1. The maximum absolute atomic E-state index is 12.6. The van der Waals surface area contributed by atoms with Crippen molar-refractivity contribution in [3.63, 3.8) is 0 Å². The molecule has 0 bridgehead atoms. The van der Waals surface area contributed by atoms with Crippen LogP contribution in [0.5, 0.6) is 0 Å². The number of aldehydes is 2. The fourth-order valence-corrected chi connectivity index (χ4v) is 25.4. The Morgan fingerprint density at radius 2 is 0.859 bits per heavy atom. The zero-order valence-electron chi connectivity index (χ0n) is 88.4. The Kier molecular flexibility index (Phi) is 58.6. The van der Waals surface area contributed by atoms with Gasteiger partial charge in [-0.25, -0.2) is 0 Å². The number of ketones is 1. The number of fused-ring (bicyclic) bond motifs is 2. The fourth-order valence-electron chi connectivity index (χ4n) is 16.4. The van der Waals surface area contributed by atoms with Gasteiger partial charge in [0.25, 0.3) is 0 Å².